The quantitative estimate of drug-likeness (QED) is 0.842. The van der Waals surface area contributed by atoms with Gasteiger partial charge in [0.1, 0.15) is 0 Å². The van der Waals surface area contributed by atoms with Crippen molar-refractivity contribution in [3.63, 3.8) is 0 Å². The summed E-state index contributed by atoms with van der Waals surface area (Å²) in [4.78, 5) is 13.5. The maximum atomic E-state index is 11.8. The number of aryl methyl sites for hydroxylation is 3. The Balaban J connectivity index is 3.08. The molecule has 0 saturated heterocycles. The maximum Gasteiger partial charge on any atom is 0.240 e. The molecule has 0 unspecified atom stereocenters. The Labute approximate surface area is 97.5 Å². The zero-order valence-electron chi connectivity index (χ0n) is 10.7. The first kappa shape index (κ1) is 12.7. The van der Waals surface area contributed by atoms with E-state index in [1.54, 1.807) is 11.9 Å². The molecule has 3 heteroatoms. The Hall–Kier alpha value is -1.35. The first-order valence-corrected chi connectivity index (χ1v) is 5.46. The third-order valence-electron chi connectivity index (χ3n) is 2.67. The van der Waals surface area contributed by atoms with Crippen molar-refractivity contribution >= 4 is 11.6 Å². The molecule has 0 aromatic heterocycles. The van der Waals surface area contributed by atoms with Gasteiger partial charge in [-0.05, 0) is 38.9 Å². The molecule has 0 aliphatic carbocycles. The van der Waals surface area contributed by atoms with Gasteiger partial charge in [-0.25, -0.2) is 0 Å². The van der Waals surface area contributed by atoms with Gasteiger partial charge in [-0.1, -0.05) is 17.7 Å². The molecular formula is C13H20N2O. The third kappa shape index (κ3) is 2.61. The number of carbonyl (C=O) groups excluding carboxylic acids is 1. The number of nitrogens with zero attached hydrogens (tertiary/aromatic N) is 1. The minimum absolute atomic E-state index is 0.0811. The molecule has 1 aromatic carbocycles. The molecule has 88 valence electrons. The minimum Gasteiger partial charge on any atom is -0.314 e. The van der Waals surface area contributed by atoms with E-state index >= 15 is 0 Å². The van der Waals surface area contributed by atoms with Crippen LogP contribution in [0.1, 0.15) is 16.7 Å². The van der Waals surface area contributed by atoms with Crippen LogP contribution in [0.3, 0.4) is 0 Å². The van der Waals surface area contributed by atoms with E-state index in [0.717, 1.165) is 16.8 Å². The van der Waals surface area contributed by atoms with Gasteiger partial charge in [0.15, 0.2) is 0 Å². The Bertz CT molecular complexity index is 376. The first-order chi connectivity index (χ1) is 7.47. The number of amides is 1. The van der Waals surface area contributed by atoms with Crippen LogP contribution in [0.4, 0.5) is 5.69 Å². The van der Waals surface area contributed by atoms with Gasteiger partial charge >= 0.3 is 0 Å². The minimum atomic E-state index is 0.0811. The van der Waals surface area contributed by atoms with Crippen LogP contribution in [0.25, 0.3) is 0 Å². The fraction of sp³-hybridized carbons (Fsp3) is 0.462. The normalized spacial score (nSPS) is 10.3. The van der Waals surface area contributed by atoms with Crippen molar-refractivity contribution in [2.45, 2.75) is 20.8 Å². The van der Waals surface area contributed by atoms with Gasteiger partial charge < -0.3 is 10.2 Å². The van der Waals surface area contributed by atoms with Crippen LogP contribution >= 0.6 is 0 Å². The van der Waals surface area contributed by atoms with E-state index in [1.165, 1.54) is 5.56 Å². The van der Waals surface area contributed by atoms with Crippen molar-refractivity contribution in [3.05, 3.63) is 28.8 Å². The molecule has 0 atom stereocenters. The number of benzene rings is 1. The highest BCUT2D eigenvalue weighted by Gasteiger charge is 2.14. The summed E-state index contributed by atoms with van der Waals surface area (Å²) in [5.41, 5.74) is 4.54. The number of rotatable bonds is 3. The molecule has 16 heavy (non-hydrogen) atoms. The van der Waals surface area contributed by atoms with Crippen molar-refractivity contribution in [2.75, 3.05) is 25.5 Å². The van der Waals surface area contributed by atoms with E-state index in [0.29, 0.717) is 6.54 Å². The van der Waals surface area contributed by atoms with Crippen LogP contribution in [-0.4, -0.2) is 26.5 Å². The van der Waals surface area contributed by atoms with Crippen molar-refractivity contribution in [1.82, 2.24) is 5.32 Å². The number of carbonyl (C=O) groups is 1. The van der Waals surface area contributed by atoms with Crippen LogP contribution in [-0.2, 0) is 4.79 Å². The van der Waals surface area contributed by atoms with Crippen LogP contribution in [0.5, 0.6) is 0 Å². The van der Waals surface area contributed by atoms with Gasteiger partial charge in [0.25, 0.3) is 0 Å². The lowest BCUT2D eigenvalue weighted by molar-refractivity contribution is -0.117. The zero-order valence-corrected chi connectivity index (χ0v) is 10.7. The summed E-state index contributed by atoms with van der Waals surface area (Å²) < 4.78 is 0. The second-order valence-electron chi connectivity index (χ2n) is 4.23. The number of hydrogen-bond acceptors (Lipinski definition) is 2. The molecular weight excluding hydrogens is 200 g/mol. The van der Waals surface area contributed by atoms with Gasteiger partial charge in [-0.2, -0.15) is 0 Å². The third-order valence-corrected chi connectivity index (χ3v) is 2.67. The van der Waals surface area contributed by atoms with E-state index in [2.05, 4.69) is 24.4 Å². The highest BCUT2D eigenvalue weighted by molar-refractivity contribution is 5.95. The topological polar surface area (TPSA) is 32.3 Å². The Morgan fingerprint density at radius 3 is 2.19 bits per heavy atom. The predicted molar refractivity (Wildman–Crippen MR) is 68.0 cm³/mol. The fourth-order valence-electron chi connectivity index (χ4n) is 2.10. The van der Waals surface area contributed by atoms with E-state index in [9.17, 15) is 4.79 Å². The summed E-state index contributed by atoms with van der Waals surface area (Å²) in [5.74, 6) is 0.0811. The van der Waals surface area contributed by atoms with Gasteiger partial charge in [-0.15, -0.1) is 0 Å². The number of hydrogen-bond donors (Lipinski definition) is 1. The molecule has 0 saturated carbocycles. The van der Waals surface area contributed by atoms with Gasteiger partial charge in [0, 0.05) is 12.7 Å². The Kier molecular flexibility index (Phi) is 4.07. The lowest BCUT2D eigenvalue weighted by Crippen LogP contribution is -2.34. The van der Waals surface area contributed by atoms with Crippen molar-refractivity contribution in [2.24, 2.45) is 0 Å². The second-order valence-corrected chi connectivity index (χ2v) is 4.23. The molecule has 1 N–H and O–H groups in total. The second kappa shape index (κ2) is 5.12. The number of anilines is 1. The standard InChI is InChI=1S/C13H20N2O/c1-9-6-10(2)13(11(3)7-9)15(5)12(16)8-14-4/h6-7,14H,8H2,1-5H3. The van der Waals surface area contributed by atoms with Gasteiger partial charge in [0.2, 0.25) is 5.91 Å². The van der Waals surface area contributed by atoms with Crippen molar-refractivity contribution in [3.8, 4) is 0 Å². The van der Waals surface area contributed by atoms with E-state index < -0.39 is 0 Å². The summed E-state index contributed by atoms with van der Waals surface area (Å²) in [6, 6.07) is 4.21. The Morgan fingerprint density at radius 2 is 1.75 bits per heavy atom. The number of likely N-dealkylation sites (N-methyl/N-ethyl adjacent to an activating group) is 2. The van der Waals surface area contributed by atoms with E-state index in [-0.39, 0.29) is 5.91 Å². The van der Waals surface area contributed by atoms with Crippen LogP contribution < -0.4 is 10.2 Å². The van der Waals surface area contributed by atoms with Gasteiger partial charge in [-0.3, -0.25) is 4.79 Å². The van der Waals surface area contributed by atoms with Crippen molar-refractivity contribution < 1.29 is 4.79 Å². The summed E-state index contributed by atoms with van der Waals surface area (Å²) in [6.45, 7) is 6.51. The Morgan fingerprint density at radius 1 is 1.25 bits per heavy atom. The predicted octanol–water partition coefficient (Wildman–Crippen LogP) is 1.79. The van der Waals surface area contributed by atoms with Crippen LogP contribution in [0.2, 0.25) is 0 Å². The molecule has 0 radical (unpaired) electrons. The van der Waals surface area contributed by atoms with Crippen LogP contribution in [0.15, 0.2) is 12.1 Å². The lowest BCUT2D eigenvalue weighted by Gasteiger charge is -2.22. The zero-order chi connectivity index (χ0) is 12.3. The van der Waals surface area contributed by atoms with E-state index in [1.807, 2.05) is 20.9 Å². The smallest absolute Gasteiger partial charge is 0.240 e. The van der Waals surface area contributed by atoms with Crippen molar-refractivity contribution in [1.29, 1.82) is 0 Å². The van der Waals surface area contributed by atoms with Crippen LogP contribution in [0, 0.1) is 20.8 Å². The summed E-state index contributed by atoms with van der Waals surface area (Å²) in [6.07, 6.45) is 0. The highest BCUT2D eigenvalue weighted by atomic mass is 16.2. The molecule has 1 amide bonds. The number of nitrogens with one attached hydrogen (secondary N) is 1. The monoisotopic (exact) mass is 220 g/mol. The first-order valence-electron chi connectivity index (χ1n) is 5.46. The molecule has 0 spiro atoms. The van der Waals surface area contributed by atoms with E-state index in [4.69, 9.17) is 0 Å². The highest BCUT2D eigenvalue weighted by Crippen LogP contribution is 2.25. The molecule has 0 aliphatic rings. The summed E-state index contributed by atoms with van der Waals surface area (Å²) in [7, 11) is 3.60. The fourth-order valence-corrected chi connectivity index (χ4v) is 2.10. The average molecular weight is 220 g/mol. The largest absolute Gasteiger partial charge is 0.314 e. The summed E-state index contributed by atoms with van der Waals surface area (Å²) in [5, 5.41) is 2.88. The molecule has 1 aromatic rings. The SMILES string of the molecule is CNCC(=O)N(C)c1c(C)cc(C)cc1C. The molecule has 3 nitrogen and oxygen atoms in total. The lowest BCUT2D eigenvalue weighted by atomic mass is 10.0. The summed E-state index contributed by atoms with van der Waals surface area (Å²) >= 11 is 0. The average Bonchev–Trinajstić information content (AvgIpc) is 2.16. The van der Waals surface area contributed by atoms with Gasteiger partial charge in [0.05, 0.1) is 6.54 Å². The molecule has 1 rings (SSSR count). The molecule has 0 heterocycles. The molecule has 0 bridgehead atoms. The molecule has 0 aliphatic heterocycles. The maximum absolute atomic E-state index is 11.8. The molecule has 0 fully saturated rings.